The SMILES string of the molecule is CCOC(=O)c1c(C)n(-c2cnn(COC)c2)c2cc(Cl)c(OC)cc12. The van der Waals surface area contributed by atoms with E-state index in [0.29, 0.717) is 35.1 Å². The van der Waals surface area contributed by atoms with E-state index in [1.54, 1.807) is 37.0 Å². The molecule has 0 atom stereocenters. The number of fused-ring (bicyclic) bond motifs is 1. The molecule has 0 aliphatic rings. The predicted molar refractivity (Wildman–Crippen MR) is 98.3 cm³/mol. The second-order valence-electron chi connectivity index (χ2n) is 5.68. The first kappa shape index (κ1) is 18.3. The van der Waals surface area contributed by atoms with Crippen molar-refractivity contribution < 1.29 is 19.0 Å². The van der Waals surface area contributed by atoms with Crippen LogP contribution in [-0.4, -0.2) is 41.1 Å². The average molecular weight is 378 g/mol. The van der Waals surface area contributed by atoms with Gasteiger partial charge < -0.3 is 18.8 Å². The number of nitrogens with zero attached hydrogens (tertiary/aromatic N) is 3. The Morgan fingerprint density at radius 3 is 2.73 bits per heavy atom. The zero-order chi connectivity index (χ0) is 18.8. The third-order valence-corrected chi connectivity index (χ3v) is 4.39. The summed E-state index contributed by atoms with van der Waals surface area (Å²) in [7, 11) is 3.14. The summed E-state index contributed by atoms with van der Waals surface area (Å²) in [6.45, 7) is 4.26. The van der Waals surface area contributed by atoms with E-state index in [-0.39, 0.29) is 5.97 Å². The first-order valence-electron chi connectivity index (χ1n) is 8.09. The van der Waals surface area contributed by atoms with E-state index in [1.807, 2.05) is 17.7 Å². The van der Waals surface area contributed by atoms with Crippen LogP contribution >= 0.6 is 11.6 Å². The molecule has 0 bridgehead atoms. The normalized spacial score (nSPS) is 11.1. The van der Waals surface area contributed by atoms with Crippen molar-refractivity contribution in [1.82, 2.24) is 14.3 Å². The van der Waals surface area contributed by atoms with Crippen LogP contribution in [0.25, 0.3) is 16.6 Å². The number of hydrogen-bond acceptors (Lipinski definition) is 5. The Morgan fingerprint density at radius 2 is 2.08 bits per heavy atom. The number of rotatable bonds is 6. The lowest BCUT2D eigenvalue weighted by molar-refractivity contribution is 0.0527. The van der Waals surface area contributed by atoms with Gasteiger partial charge in [-0.05, 0) is 26.0 Å². The fourth-order valence-corrected chi connectivity index (χ4v) is 3.27. The van der Waals surface area contributed by atoms with Gasteiger partial charge in [0.05, 0.1) is 47.9 Å². The van der Waals surface area contributed by atoms with Gasteiger partial charge in [-0.25, -0.2) is 9.48 Å². The van der Waals surface area contributed by atoms with Crippen molar-refractivity contribution in [3.8, 4) is 11.4 Å². The predicted octanol–water partition coefficient (Wildman–Crippen LogP) is 3.58. The highest BCUT2D eigenvalue weighted by molar-refractivity contribution is 6.33. The van der Waals surface area contributed by atoms with Gasteiger partial charge in [0.25, 0.3) is 0 Å². The minimum atomic E-state index is -0.387. The van der Waals surface area contributed by atoms with Gasteiger partial charge in [-0.1, -0.05) is 11.6 Å². The molecule has 138 valence electrons. The molecular weight excluding hydrogens is 358 g/mol. The maximum Gasteiger partial charge on any atom is 0.340 e. The highest BCUT2D eigenvalue weighted by atomic mass is 35.5. The van der Waals surface area contributed by atoms with Crippen LogP contribution in [0.2, 0.25) is 5.02 Å². The fourth-order valence-electron chi connectivity index (χ4n) is 3.04. The number of esters is 1. The van der Waals surface area contributed by atoms with Crippen molar-refractivity contribution >= 4 is 28.5 Å². The van der Waals surface area contributed by atoms with Crippen LogP contribution in [0.5, 0.6) is 5.75 Å². The van der Waals surface area contributed by atoms with E-state index in [2.05, 4.69) is 5.10 Å². The molecule has 0 aliphatic heterocycles. The topological polar surface area (TPSA) is 67.5 Å². The van der Waals surface area contributed by atoms with E-state index in [9.17, 15) is 4.79 Å². The molecule has 26 heavy (non-hydrogen) atoms. The van der Waals surface area contributed by atoms with Crippen molar-refractivity contribution in [3.05, 3.63) is 40.8 Å². The average Bonchev–Trinajstić information content (AvgIpc) is 3.16. The monoisotopic (exact) mass is 377 g/mol. The molecule has 3 rings (SSSR count). The van der Waals surface area contributed by atoms with Crippen LogP contribution in [0, 0.1) is 6.92 Å². The van der Waals surface area contributed by atoms with Gasteiger partial charge in [-0.3, -0.25) is 0 Å². The standard InChI is InChI=1S/C18H20ClN3O4/c1-5-26-18(23)17-11(2)22(12-8-20-21(9-12)10-24-3)15-7-14(19)16(25-4)6-13(15)17/h6-9H,5,10H2,1-4H3. The Labute approximate surface area is 156 Å². The third kappa shape index (κ3) is 3.04. The lowest BCUT2D eigenvalue weighted by Crippen LogP contribution is -2.07. The molecule has 2 aromatic heterocycles. The summed E-state index contributed by atoms with van der Waals surface area (Å²) in [5.74, 6) is 0.111. The number of carbonyl (C=O) groups is 1. The second kappa shape index (κ2) is 7.39. The van der Waals surface area contributed by atoms with Crippen LogP contribution in [-0.2, 0) is 16.2 Å². The van der Waals surface area contributed by atoms with Crippen molar-refractivity contribution in [2.24, 2.45) is 0 Å². The summed E-state index contributed by atoms with van der Waals surface area (Å²) in [5, 5.41) is 5.44. The molecule has 1 aromatic carbocycles. The van der Waals surface area contributed by atoms with Gasteiger partial charge in [0.1, 0.15) is 12.5 Å². The van der Waals surface area contributed by atoms with Gasteiger partial charge in [0.15, 0.2) is 0 Å². The lowest BCUT2D eigenvalue weighted by Gasteiger charge is -2.07. The van der Waals surface area contributed by atoms with Gasteiger partial charge in [0, 0.05) is 18.2 Å². The molecule has 0 radical (unpaired) electrons. The maximum absolute atomic E-state index is 12.6. The molecule has 0 fully saturated rings. The highest BCUT2D eigenvalue weighted by Gasteiger charge is 2.24. The Bertz CT molecular complexity index is 961. The largest absolute Gasteiger partial charge is 0.495 e. The minimum absolute atomic E-state index is 0.293. The van der Waals surface area contributed by atoms with E-state index >= 15 is 0 Å². The summed E-state index contributed by atoms with van der Waals surface area (Å²) < 4.78 is 19.2. The summed E-state index contributed by atoms with van der Waals surface area (Å²) in [5.41, 5.74) is 2.78. The van der Waals surface area contributed by atoms with Crippen LogP contribution in [0.15, 0.2) is 24.5 Å². The maximum atomic E-state index is 12.6. The Kier molecular flexibility index (Phi) is 5.20. The molecule has 0 N–H and O–H groups in total. The van der Waals surface area contributed by atoms with Crippen molar-refractivity contribution in [1.29, 1.82) is 0 Å². The highest BCUT2D eigenvalue weighted by Crippen LogP contribution is 2.36. The molecule has 0 unspecified atom stereocenters. The van der Waals surface area contributed by atoms with Crippen LogP contribution < -0.4 is 4.74 Å². The molecule has 3 aromatic rings. The number of hydrogen-bond donors (Lipinski definition) is 0. The molecule has 0 amide bonds. The zero-order valence-corrected chi connectivity index (χ0v) is 15.8. The number of halogens is 1. The smallest absolute Gasteiger partial charge is 0.340 e. The Morgan fingerprint density at radius 1 is 1.31 bits per heavy atom. The van der Waals surface area contributed by atoms with Crippen molar-refractivity contribution in [2.75, 3.05) is 20.8 Å². The second-order valence-corrected chi connectivity index (χ2v) is 6.08. The van der Waals surface area contributed by atoms with Gasteiger partial charge in [0.2, 0.25) is 0 Å². The third-order valence-electron chi connectivity index (χ3n) is 4.10. The molecule has 2 heterocycles. The van der Waals surface area contributed by atoms with E-state index < -0.39 is 0 Å². The van der Waals surface area contributed by atoms with E-state index in [4.69, 9.17) is 25.8 Å². The summed E-state index contributed by atoms with van der Waals surface area (Å²) in [4.78, 5) is 12.6. The summed E-state index contributed by atoms with van der Waals surface area (Å²) in [6, 6.07) is 3.53. The number of benzene rings is 1. The van der Waals surface area contributed by atoms with Crippen LogP contribution in [0.1, 0.15) is 23.0 Å². The van der Waals surface area contributed by atoms with Crippen molar-refractivity contribution in [3.63, 3.8) is 0 Å². The first-order valence-corrected chi connectivity index (χ1v) is 8.47. The Balaban J connectivity index is 2.29. The van der Waals surface area contributed by atoms with Gasteiger partial charge in [-0.2, -0.15) is 5.10 Å². The molecule has 8 heteroatoms. The fraction of sp³-hybridized carbons (Fsp3) is 0.333. The van der Waals surface area contributed by atoms with Crippen molar-refractivity contribution in [2.45, 2.75) is 20.6 Å². The molecule has 0 spiro atoms. The number of carbonyl (C=O) groups excluding carboxylic acids is 1. The molecule has 7 nitrogen and oxygen atoms in total. The van der Waals surface area contributed by atoms with Gasteiger partial charge in [-0.15, -0.1) is 0 Å². The van der Waals surface area contributed by atoms with E-state index in [0.717, 1.165) is 16.9 Å². The lowest BCUT2D eigenvalue weighted by atomic mass is 10.1. The molecule has 0 aliphatic carbocycles. The van der Waals surface area contributed by atoms with E-state index in [1.165, 1.54) is 7.11 Å². The molecule has 0 saturated heterocycles. The first-order chi connectivity index (χ1) is 12.5. The zero-order valence-electron chi connectivity index (χ0n) is 15.1. The number of methoxy groups -OCH3 is 2. The minimum Gasteiger partial charge on any atom is -0.495 e. The number of aromatic nitrogens is 3. The Hall–Kier alpha value is -2.51. The van der Waals surface area contributed by atoms with Gasteiger partial charge >= 0.3 is 5.97 Å². The molecule has 0 saturated carbocycles. The quantitative estimate of drug-likeness (QED) is 0.614. The summed E-state index contributed by atoms with van der Waals surface area (Å²) in [6.07, 6.45) is 3.54. The molecular formula is C18H20ClN3O4. The number of ether oxygens (including phenoxy) is 3. The van der Waals surface area contributed by atoms with Crippen LogP contribution in [0.3, 0.4) is 0 Å². The van der Waals surface area contributed by atoms with Crippen LogP contribution in [0.4, 0.5) is 0 Å². The summed E-state index contributed by atoms with van der Waals surface area (Å²) >= 11 is 6.32.